The van der Waals surface area contributed by atoms with Crippen LogP contribution in [0.1, 0.15) is 6.92 Å². The van der Waals surface area contributed by atoms with Crippen LogP contribution in [0, 0.1) is 0 Å². The second kappa shape index (κ2) is 0.698. The molecule has 30 valence electrons. The summed E-state index contributed by atoms with van der Waals surface area (Å²) in [5, 5.41) is 8.21. The molecule has 0 radical (unpaired) electrons. The standard InChI is InChI=1S/C3H6O2/c1-2-3(4)5-2/h2-4H,1H3/t2?,3-/m0/s1. The van der Waals surface area contributed by atoms with E-state index in [0.29, 0.717) is 0 Å². The molecule has 0 aromatic rings. The van der Waals surface area contributed by atoms with Gasteiger partial charge in [-0.15, -0.1) is 0 Å². The van der Waals surface area contributed by atoms with Crippen molar-refractivity contribution in [2.24, 2.45) is 0 Å². The molecule has 0 aliphatic carbocycles. The van der Waals surface area contributed by atoms with E-state index in [1.165, 1.54) is 0 Å². The van der Waals surface area contributed by atoms with Gasteiger partial charge >= 0.3 is 0 Å². The molecule has 0 amide bonds. The molecule has 1 rings (SSSR count). The lowest BCUT2D eigenvalue weighted by Crippen LogP contribution is -1.80. The average molecular weight is 74.1 g/mol. The largest absolute Gasteiger partial charge is 0.366 e. The van der Waals surface area contributed by atoms with E-state index in [1.807, 2.05) is 6.92 Å². The van der Waals surface area contributed by atoms with Crippen molar-refractivity contribution in [3.05, 3.63) is 0 Å². The Morgan fingerprint density at radius 2 is 2.00 bits per heavy atom. The van der Waals surface area contributed by atoms with Crippen LogP contribution in [0.25, 0.3) is 0 Å². The van der Waals surface area contributed by atoms with Gasteiger partial charge in [0, 0.05) is 0 Å². The highest BCUT2D eigenvalue weighted by atomic mass is 16.7. The minimum atomic E-state index is -0.449. The Morgan fingerprint density at radius 1 is 1.80 bits per heavy atom. The summed E-state index contributed by atoms with van der Waals surface area (Å²) in [6, 6.07) is 0. The van der Waals surface area contributed by atoms with Gasteiger partial charge in [-0.3, -0.25) is 0 Å². The summed E-state index contributed by atoms with van der Waals surface area (Å²) < 4.78 is 4.47. The maximum atomic E-state index is 8.21. The van der Waals surface area contributed by atoms with Gasteiger partial charge < -0.3 is 9.84 Å². The Balaban J connectivity index is 2.20. The second-order valence-electron chi connectivity index (χ2n) is 1.23. The van der Waals surface area contributed by atoms with Crippen LogP contribution in [0.2, 0.25) is 0 Å². The van der Waals surface area contributed by atoms with Gasteiger partial charge in [-0.2, -0.15) is 0 Å². The fourth-order valence-corrected chi connectivity index (χ4v) is 0.175. The number of aliphatic hydroxyl groups is 1. The molecule has 1 N–H and O–H groups in total. The molecule has 1 aliphatic heterocycles. The van der Waals surface area contributed by atoms with Crippen LogP contribution in [-0.4, -0.2) is 17.5 Å². The van der Waals surface area contributed by atoms with Crippen LogP contribution in [0.4, 0.5) is 0 Å². The van der Waals surface area contributed by atoms with E-state index in [-0.39, 0.29) is 6.10 Å². The van der Waals surface area contributed by atoms with E-state index >= 15 is 0 Å². The first-order valence-corrected chi connectivity index (χ1v) is 1.64. The zero-order valence-corrected chi connectivity index (χ0v) is 3.01. The van der Waals surface area contributed by atoms with Crippen molar-refractivity contribution in [3.63, 3.8) is 0 Å². The summed E-state index contributed by atoms with van der Waals surface area (Å²) >= 11 is 0. The van der Waals surface area contributed by atoms with Gasteiger partial charge in [0.05, 0.1) is 0 Å². The smallest absolute Gasteiger partial charge is 0.181 e. The fourth-order valence-electron chi connectivity index (χ4n) is 0.175. The summed E-state index contributed by atoms with van der Waals surface area (Å²) in [5.41, 5.74) is 0. The van der Waals surface area contributed by atoms with E-state index in [9.17, 15) is 0 Å². The predicted molar refractivity (Wildman–Crippen MR) is 16.6 cm³/mol. The van der Waals surface area contributed by atoms with Crippen molar-refractivity contribution in [1.29, 1.82) is 0 Å². The third-order valence-corrected chi connectivity index (χ3v) is 0.679. The van der Waals surface area contributed by atoms with E-state index in [4.69, 9.17) is 5.11 Å². The first kappa shape index (κ1) is 3.12. The number of hydrogen-bond donors (Lipinski definition) is 1. The minimum absolute atomic E-state index is 0.106. The summed E-state index contributed by atoms with van der Waals surface area (Å²) in [5.74, 6) is 0. The molecule has 2 heteroatoms. The zero-order valence-electron chi connectivity index (χ0n) is 3.01. The number of hydrogen-bond acceptors (Lipinski definition) is 2. The lowest BCUT2D eigenvalue weighted by molar-refractivity contribution is 0.156. The molecule has 0 aromatic carbocycles. The Morgan fingerprint density at radius 3 is 2.00 bits per heavy atom. The first-order valence-electron chi connectivity index (χ1n) is 1.64. The molecular weight excluding hydrogens is 68.0 g/mol. The molecule has 1 fully saturated rings. The van der Waals surface area contributed by atoms with Gasteiger partial charge in [0.1, 0.15) is 6.10 Å². The van der Waals surface area contributed by atoms with Crippen LogP contribution in [0.3, 0.4) is 0 Å². The lowest BCUT2D eigenvalue weighted by atomic mass is 10.5. The van der Waals surface area contributed by atoms with E-state index in [1.54, 1.807) is 0 Å². The SMILES string of the molecule is CC1O[C@@H]1O. The second-order valence-corrected chi connectivity index (χ2v) is 1.23. The zero-order chi connectivity index (χ0) is 3.86. The third-order valence-electron chi connectivity index (χ3n) is 0.679. The summed E-state index contributed by atoms with van der Waals surface area (Å²) in [4.78, 5) is 0. The van der Waals surface area contributed by atoms with Crippen molar-refractivity contribution in [2.75, 3.05) is 0 Å². The van der Waals surface area contributed by atoms with Crippen LogP contribution in [0.5, 0.6) is 0 Å². The van der Waals surface area contributed by atoms with Gasteiger partial charge in [-0.1, -0.05) is 0 Å². The number of ether oxygens (including phenoxy) is 1. The van der Waals surface area contributed by atoms with Crippen molar-refractivity contribution in [1.82, 2.24) is 0 Å². The Bertz CT molecular complexity index is 38.2. The molecule has 5 heavy (non-hydrogen) atoms. The van der Waals surface area contributed by atoms with Crippen LogP contribution in [-0.2, 0) is 4.74 Å². The van der Waals surface area contributed by atoms with Gasteiger partial charge in [0.15, 0.2) is 6.29 Å². The number of rotatable bonds is 0. The molecule has 0 aromatic heterocycles. The minimum Gasteiger partial charge on any atom is -0.366 e. The van der Waals surface area contributed by atoms with Gasteiger partial charge in [-0.05, 0) is 6.92 Å². The highest BCUT2D eigenvalue weighted by Gasteiger charge is 2.30. The molecule has 2 nitrogen and oxygen atoms in total. The normalized spacial score (nSPS) is 49.2. The van der Waals surface area contributed by atoms with Crippen molar-refractivity contribution in [3.8, 4) is 0 Å². The fraction of sp³-hybridized carbons (Fsp3) is 1.00. The Labute approximate surface area is 30.4 Å². The average Bonchev–Trinajstić information content (AvgIpc) is 1.79. The molecule has 0 bridgehead atoms. The summed E-state index contributed by atoms with van der Waals surface area (Å²) in [6.45, 7) is 1.82. The summed E-state index contributed by atoms with van der Waals surface area (Å²) in [6.07, 6.45) is -0.343. The summed E-state index contributed by atoms with van der Waals surface area (Å²) in [7, 11) is 0. The Kier molecular flexibility index (Phi) is 0.436. The lowest BCUT2D eigenvalue weighted by Gasteiger charge is -1.59. The maximum Gasteiger partial charge on any atom is 0.181 e. The van der Waals surface area contributed by atoms with E-state index in [0.717, 1.165) is 0 Å². The predicted octanol–water partition coefficient (Wildman–Crippen LogP) is -0.277. The number of epoxide rings is 1. The van der Waals surface area contributed by atoms with Crippen molar-refractivity contribution >= 4 is 0 Å². The molecule has 1 unspecified atom stereocenters. The van der Waals surface area contributed by atoms with E-state index in [2.05, 4.69) is 4.74 Å². The van der Waals surface area contributed by atoms with E-state index < -0.39 is 6.29 Å². The molecule has 0 spiro atoms. The first-order chi connectivity index (χ1) is 2.30. The molecule has 1 saturated heterocycles. The van der Waals surface area contributed by atoms with Crippen molar-refractivity contribution in [2.45, 2.75) is 19.3 Å². The quantitative estimate of drug-likeness (QED) is 0.401. The third kappa shape index (κ3) is 0.412. The molecule has 1 aliphatic rings. The molecule has 2 atom stereocenters. The highest BCUT2D eigenvalue weighted by Crippen LogP contribution is 2.15. The topological polar surface area (TPSA) is 32.8 Å². The van der Waals surface area contributed by atoms with Gasteiger partial charge in [0.25, 0.3) is 0 Å². The highest BCUT2D eigenvalue weighted by molar-refractivity contribution is 4.66. The van der Waals surface area contributed by atoms with Gasteiger partial charge in [0.2, 0.25) is 0 Å². The maximum absolute atomic E-state index is 8.21. The van der Waals surface area contributed by atoms with Crippen LogP contribution in [0.15, 0.2) is 0 Å². The molecule has 0 saturated carbocycles. The van der Waals surface area contributed by atoms with Crippen molar-refractivity contribution < 1.29 is 9.84 Å². The van der Waals surface area contributed by atoms with Gasteiger partial charge in [-0.25, -0.2) is 0 Å². The van der Waals surface area contributed by atoms with Crippen LogP contribution >= 0.6 is 0 Å². The molecule has 1 heterocycles. The van der Waals surface area contributed by atoms with Crippen LogP contribution < -0.4 is 0 Å². The molecular formula is C3H6O2. The number of aliphatic hydroxyl groups excluding tert-OH is 1. The Hall–Kier alpha value is -0.0800. The monoisotopic (exact) mass is 74.0 g/mol.